The van der Waals surface area contributed by atoms with E-state index in [1.165, 1.54) is 31.5 Å². The molecule has 0 bridgehead atoms. The molecule has 90 valence electrons. The van der Waals surface area contributed by atoms with Gasteiger partial charge in [-0.25, -0.2) is 0 Å². The van der Waals surface area contributed by atoms with Gasteiger partial charge >= 0.3 is 0 Å². The summed E-state index contributed by atoms with van der Waals surface area (Å²) in [6.07, 6.45) is 2.61. The Hall–Kier alpha value is -0.570. The lowest BCUT2D eigenvalue weighted by Crippen LogP contribution is -2.37. The monoisotopic (exact) mass is 240 g/mol. The molecule has 1 aliphatic rings. The van der Waals surface area contributed by atoms with Gasteiger partial charge in [0.25, 0.3) is 0 Å². The lowest BCUT2D eigenvalue weighted by molar-refractivity contribution is 0.171. The molecule has 1 heterocycles. The Balaban J connectivity index is 0.00000128. The third-order valence-electron chi connectivity index (χ3n) is 3.19. The molecular weight excluding hydrogens is 220 g/mol. The van der Waals surface area contributed by atoms with Crippen LogP contribution in [0.15, 0.2) is 30.3 Å². The fraction of sp³-hybridized carbons (Fsp3) is 0.538. The van der Waals surface area contributed by atoms with Gasteiger partial charge in [-0.15, -0.1) is 12.4 Å². The van der Waals surface area contributed by atoms with Crippen LogP contribution in [0, 0.1) is 5.92 Å². The molecule has 1 fully saturated rings. The molecule has 2 rings (SSSR count). The molecule has 3 heteroatoms. The maximum atomic E-state index is 5.73. The summed E-state index contributed by atoms with van der Waals surface area (Å²) in [5, 5.41) is 0. The number of rotatable bonds is 3. The van der Waals surface area contributed by atoms with Gasteiger partial charge in [-0.3, -0.25) is 4.90 Å². The van der Waals surface area contributed by atoms with Crippen LogP contribution >= 0.6 is 12.4 Å². The van der Waals surface area contributed by atoms with E-state index < -0.39 is 0 Å². The molecule has 0 spiro atoms. The van der Waals surface area contributed by atoms with Crippen molar-refractivity contribution in [3.05, 3.63) is 35.9 Å². The normalized spacial score (nSPS) is 21.4. The van der Waals surface area contributed by atoms with Gasteiger partial charge in [-0.1, -0.05) is 30.3 Å². The summed E-state index contributed by atoms with van der Waals surface area (Å²) >= 11 is 0. The topological polar surface area (TPSA) is 29.3 Å². The van der Waals surface area contributed by atoms with Crippen molar-refractivity contribution >= 4 is 12.4 Å². The lowest BCUT2D eigenvalue weighted by Gasteiger charge is -2.32. The summed E-state index contributed by atoms with van der Waals surface area (Å²) < 4.78 is 0. The highest BCUT2D eigenvalue weighted by Gasteiger charge is 2.18. The smallest absolute Gasteiger partial charge is 0.0233 e. The Morgan fingerprint density at radius 2 is 2.00 bits per heavy atom. The first kappa shape index (κ1) is 13.5. The molecule has 1 saturated heterocycles. The number of hydrogen-bond donors (Lipinski definition) is 1. The number of halogens is 1. The maximum Gasteiger partial charge on any atom is 0.0233 e. The Kier molecular flexibility index (Phi) is 5.81. The maximum absolute atomic E-state index is 5.73. The summed E-state index contributed by atoms with van der Waals surface area (Å²) in [7, 11) is 0. The molecule has 1 aromatic rings. The standard InChI is InChI=1S/C13H20N2.ClH/c14-9-13-7-4-8-15(11-13)10-12-5-2-1-3-6-12;/h1-3,5-6,13H,4,7-11,14H2;1H. The van der Waals surface area contributed by atoms with Crippen molar-refractivity contribution in [3.63, 3.8) is 0 Å². The molecule has 2 nitrogen and oxygen atoms in total. The highest BCUT2D eigenvalue weighted by atomic mass is 35.5. The zero-order valence-electron chi connectivity index (χ0n) is 9.64. The van der Waals surface area contributed by atoms with Gasteiger partial charge in [0, 0.05) is 13.1 Å². The van der Waals surface area contributed by atoms with Crippen LogP contribution in [0.2, 0.25) is 0 Å². The summed E-state index contributed by atoms with van der Waals surface area (Å²) in [6, 6.07) is 10.7. The summed E-state index contributed by atoms with van der Waals surface area (Å²) in [6.45, 7) is 4.32. The SMILES string of the molecule is Cl.NCC1CCCN(Cc2ccccc2)C1. The summed E-state index contributed by atoms with van der Waals surface area (Å²) in [5.41, 5.74) is 7.14. The second-order valence-corrected chi connectivity index (χ2v) is 4.46. The van der Waals surface area contributed by atoms with E-state index in [0.717, 1.165) is 13.1 Å². The van der Waals surface area contributed by atoms with E-state index >= 15 is 0 Å². The third kappa shape index (κ3) is 3.78. The van der Waals surface area contributed by atoms with Crippen molar-refractivity contribution in [2.45, 2.75) is 19.4 Å². The van der Waals surface area contributed by atoms with E-state index in [9.17, 15) is 0 Å². The van der Waals surface area contributed by atoms with Crippen LogP contribution in [0.25, 0.3) is 0 Å². The van der Waals surface area contributed by atoms with Crippen molar-refractivity contribution in [2.24, 2.45) is 11.7 Å². The van der Waals surface area contributed by atoms with Crippen LogP contribution in [0.1, 0.15) is 18.4 Å². The number of piperidine rings is 1. The minimum absolute atomic E-state index is 0. The zero-order chi connectivity index (χ0) is 10.5. The number of nitrogens with zero attached hydrogens (tertiary/aromatic N) is 1. The molecule has 1 aromatic carbocycles. The van der Waals surface area contributed by atoms with Gasteiger partial charge < -0.3 is 5.73 Å². The van der Waals surface area contributed by atoms with Crippen LogP contribution < -0.4 is 5.73 Å². The van der Waals surface area contributed by atoms with Crippen LogP contribution in [0.5, 0.6) is 0 Å². The Morgan fingerprint density at radius 3 is 2.69 bits per heavy atom. The van der Waals surface area contributed by atoms with Crippen LogP contribution in [0.3, 0.4) is 0 Å². The van der Waals surface area contributed by atoms with Crippen molar-refractivity contribution in [1.82, 2.24) is 4.90 Å². The number of hydrogen-bond acceptors (Lipinski definition) is 2. The van der Waals surface area contributed by atoms with E-state index in [2.05, 4.69) is 35.2 Å². The summed E-state index contributed by atoms with van der Waals surface area (Å²) in [4.78, 5) is 2.52. The predicted molar refractivity (Wildman–Crippen MR) is 70.7 cm³/mol. The molecule has 0 radical (unpaired) electrons. The molecule has 1 unspecified atom stereocenters. The molecule has 16 heavy (non-hydrogen) atoms. The molecule has 0 amide bonds. The quantitative estimate of drug-likeness (QED) is 0.879. The third-order valence-corrected chi connectivity index (χ3v) is 3.19. The number of likely N-dealkylation sites (tertiary alicyclic amines) is 1. The first-order valence-corrected chi connectivity index (χ1v) is 5.85. The van der Waals surface area contributed by atoms with Crippen LogP contribution in [-0.2, 0) is 6.54 Å². The largest absolute Gasteiger partial charge is 0.330 e. The molecule has 1 atom stereocenters. The lowest BCUT2D eigenvalue weighted by atomic mass is 9.98. The first-order chi connectivity index (χ1) is 7.38. The number of benzene rings is 1. The zero-order valence-corrected chi connectivity index (χ0v) is 10.5. The summed E-state index contributed by atoms with van der Waals surface area (Å²) in [5.74, 6) is 0.711. The second kappa shape index (κ2) is 6.89. The Morgan fingerprint density at radius 1 is 1.25 bits per heavy atom. The predicted octanol–water partition coefficient (Wildman–Crippen LogP) is 2.28. The van der Waals surface area contributed by atoms with E-state index in [-0.39, 0.29) is 12.4 Å². The van der Waals surface area contributed by atoms with Gasteiger partial charge in [-0.2, -0.15) is 0 Å². The fourth-order valence-electron chi connectivity index (χ4n) is 2.33. The Bertz CT molecular complexity index is 289. The highest BCUT2D eigenvalue weighted by molar-refractivity contribution is 5.85. The van der Waals surface area contributed by atoms with Crippen molar-refractivity contribution < 1.29 is 0 Å². The average molecular weight is 241 g/mol. The highest BCUT2D eigenvalue weighted by Crippen LogP contribution is 2.17. The minimum Gasteiger partial charge on any atom is -0.330 e. The molecule has 0 aromatic heterocycles. The van der Waals surface area contributed by atoms with Crippen LogP contribution in [0.4, 0.5) is 0 Å². The van der Waals surface area contributed by atoms with Gasteiger partial charge in [0.15, 0.2) is 0 Å². The van der Waals surface area contributed by atoms with E-state index in [4.69, 9.17) is 5.73 Å². The van der Waals surface area contributed by atoms with Gasteiger partial charge in [-0.05, 0) is 37.4 Å². The molecule has 1 aliphatic heterocycles. The second-order valence-electron chi connectivity index (χ2n) is 4.46. The molecule has 0 aliphatic carbocycles. The van der Waals surface area contributed by atoms with E-state index in [1.807, 2.05) is 0 Å². The van der Waals surface area contributed by atoms with Gasteiger partial charge in [0.05, 0.1) is 0 Å². The number of nitrogens with two attached hydrogens (primary N) is 1. The molecule has 2 N–H and O–H groups in total. The van der Waals surface area contributed by atoms with Crippen molar-refractivity contribution in [3.8, 4) is 0 Å². The van der Waals surface area contributed by atoms with Crippen LogP contribution in [-0.4, -0.2) is 24.5 Å². The molecular formula is C13H21ClN2. The van der Waals surface area contributed by atoms with E-state index in [1.54, 1.807) is 0 Å². The average Bonchev–Trinajstić information content (AvgIpc) is 2.31. The van der Waals surface area contributed by atoms with Gasteiger partial charge in [0.2, 0.25) is 0 Å². The first-order valence-electron chi connectivity index (χ1n) is 5.85. The van der Waals surface area contributed by atoms with Gasteiger partial charge in [0.1, 0.15) is 0 Å². The minimum atomic E-state index is 0. The Labute approximate surface area is 104 Å². The molecule has 0 saturated carbocycles. The van der Waals surface area contributed by atoms with Crippen molar-refractivity contribution in [1.29, 1.82) is 0 Å². The van der Waals surface area contributed by atoms with Crippen molar-refractivity contribution in [2.75, 3.05) is 19.6 Å². The fourth-order valence-corrected chi connectivity index (χ4v) is 2.33. The van der Waals surface area contributed by atoms with E-state index in [0.29, 0.717) is 5.92 Å².